The van der Waals surface area contributed by atoms with Gasteiger partial charge in [0.1, 0.15) is 0 Å². The molecule has 6 heteroatoms. The second-order valence-electron chi connectivity index (χ2n) is 3.47. The van der Waals surface area contributed by atoms with Crippen molar-refractivity contribution in [2.75, 3.05) is 12.3 Å². The smallest absolute Gasteiger partial charge is 0.154 e. The van der Waals surface area contributed by atoms with Crippen molar-refractivity contribution in [3.8, 4) is 0 Å². The molecule has 1 aromatic rings. The standard InChI is InChI=1S/C10H13N3O2S/c1-9-4-2-3-5-10(9)8-16(14,15)7-6-12-13-11/h2-5H,6-8H2,1H3. The van der Waals surface area contributed by atoms with Crippen LogP contribution < -0.4 is 0 Å². The summed E-state index contributed by atoms with van der Waals surface area (Å²) in [5, 5.41) is 3.22. The van der Waals surface area contributed by atoms with Gasteiger partial charge in [0.2, 0.25) is 0 Å². The molecule has 0 saturated carbocycles. The highest BCUT2D eigenvalue weighted by Gasteiger charge is 2.12. The molecule has 0 fully saturated rings. The number of hydrogen-bond acceptors (Lipinski definition) is 3. The fourth-order valence-electron chi connectivity index (χ4n) is 1.31. The van der Waals surface area contributed by atoms with Gasteiger partial charge in [0, 0.05) is 11.5 Å². The molecule has 0 N–H and O–H groups in total. The Bertz CT molecular complexity index is 505. The molecule has 0 amide bonds. The third kappa shape index (κ3) is 3.92. The molecule has 0 aliphatic carbocycles. The zero-order valence-corrected chi connectivity index (χ0v) is 9.81. The van der Waals surface area contributed by atoms with Crippen LogP contribution in [0.4, 0.5) is 0 Å². The van der Waals surface area contributed by atoms with E-state index < -0.39 is 9.84 Å². The lowest BCUT2D eigenvalue weighted by Gasteiger charge is -2.05. The highest BCUT2D eigenvalue weighted by atomic mass is 32.2. The average Bonchev–Trinajstić information content (AvgIpc) is 2.21. The normalized spacial score (nSPS) is 10.8. The van der Waals surface area contributed by atoms with Gasteiger partial charge in [-0.05, 0) is 23.6 Å². The Hall–Kier alpha value is -1.52. The molecule has 0 aliphatic heterocycles. The molecule has 0 unspecified atom stereocenters. The van der Waals surface area contributed by atoms with E-state index in [1.807, 2.05) is 25.1 Å². The molecule has 0 radical (unpaired) electrons. The molecule has 0 atom stereocenters. The molecule has 0 bridgehead atoms. The van der Waals surface area contributed by atoms with Gasteiger partial charge in [0.15, 0.2) is 9.84 Å². The second kappa shape index (κ2) is 5.53. The average molecular weight is 239 g/mol. The van der Waals surface area contributed by atoms with E-state index in [0.29, 0.717) is 0 Å². The third-order valence-electron chi connectivity index (χ3n) is 2.20. The van der Waals surface area contributed by atoms with Crippen LogP contribution >= 0.6 is 0 Å². The monoisotopic (exact) mass is 239 g/mol. The van der Waals surface area contributed by atoms with E-state index in [4.69, 9.17) is 5.53 Å². The first-order valence-electron chi connectivity index (χ1n) is 4.81. The maximum Gasteiger partial charge on any atom is 0.154 e. The number of hydrogen-bond donors (Lipinski definition) is 0. The van der Waals surface area contributed by atoms with Crippen molar-refractivity contribution in [1.29, 1.82) is 0 Å². The van der Waals surface area contributed by atoms with Crippen LogP contribution in [0.25, 0.3) is 10.4 Å². The van der Waals surface area contributed by atoms with Gasteiger partial charge >= 0.3 is 0 Å². The van der Waals surface area contributed by atoms with E-state index in [1.54, 1.807) is 6.07 Å². The lowest BCUT2D eigenvalue weighted by Crippen LogP contribution is -2.12. The van der Waals surface area contributed by atoms with Crippen LogP contribution in [0.2, 0.25) is 0 Å². The summed E-state index contributed by atoms with van der Waals surface area (Å²) in [6, 6.07) is 7.34. The molecule has 1 rings (SSSR count). The summed E-state index contributed by atoms with van der Waals surface area (Å²) in [4.78, 5) is 2.52. The SMILES string of the molecule is Cc1ccccc1CS(=O)(=O)CCN=[N+]=[N-]. The topological polar surface area (TPSA) is 82.9 Å². The van der Waals surface area contributed by atoms with Crippen molar-refractivity contribution in [1.82, 2.24) is 0 Å². The minimum absolute atomic E-state index is 0.000617. The number of benzene rings is 1. The first-order chi connectivity index (χ1) is 7.55. The fourth-order valence-corrected chi connectivity index (χ4v) is 2.61. The highest BCUT2D eigenvalue weighted by Crippen LogP contribution is 2.11. The zero-order valence-electron chi connectivity index (χ0n) is 9.00. The third-order valence-corrected chi connectivity index (χ3v) is 3.76. The Morgan fingerprint density at radius 1 is 1.38 bits per heavy atom. The molecule has 0 saturated heterocycles. The lowest BCUT2D eigenvalue weighted by molar-refractivity contribution is 0.595. The molecule has 1 aromatic carbocycles. The van der Waals surface area contributed by atoms with E-state index in [9.17, 15) is 8.42 Å². The molecule has 0 aromatic heterocycles. The Labute approximate surface area is 94.7 Å². The molecular weight excluding hydrogens is 226 g/mol. The summed E-state index contributed by atoms with van der Waals surface area (Å²) in [5.41, 5.74) is 9.81. The number of azide groups is 1. The van der Waals surface area contributed by atoms with Crippen LogP contribution in [0.3, 0.4) is 0 Å². The van der Waals surface area contributed by atoms with E-state index in [0.717, 1.165) is 11.1 Å². The zero-order chi connectivity index (χ0) is 12.0. The van der Waals surface area contributed by atoms with Crippen LogP contribution in [-0.4, -0.2) is 20.7 Å². The Kier molecular flexibility index (Phi) is 4.34. The van der Waals surface area contributed by atoms with Crippen LogP contribution in [0.5, 0.6) is 0 Å². The summed E-state index contributed by atoms with van der Waals surface area (Å²) in [6.45, 7) is 1.86. The van der Waals surface area contributed by atoms with Gasteiger partial charge < -0.3 is 0 Å². The largest absolute Gasteiger partial charge is 0.228 e. The van der Waals surface area contributed by atoms with Gasteiger partial charge in [0.05, 0.1) is 11.5 Å². The summed E-state index contributed by atoms with van der Waals surface area (Å²) >= 11 is 0. The van der Waals surface area contributed by atoms with Crippen molar-refractivity contribution in [3.05, 3.63) is 45.8 Å². The van der Waals surface area contributed by atoms with Crippen molar-refractivity contribution < 1.29 is 8.42 Å². The number of rotatable bonds is 5. The van der Waals surface area contributed by atoms with E-state index in [-0.39, 0.29) is 18.1 Å². The maximum absolute atomic E-state index is 11.6. The first kappa shape index (κ1) is 12.5. The van der Waals surface area contributed by atoms with E-state index in [1.165, 1.54) is 0 Å². The predicted molar refractivity (Wildman–Crippen MR) is 62.7 cm³/mol. The minimum Gasteiger partial charge on any atom is -0.228 e. The quantitative estimate of drug-likeness (QED) is 0.448. The highest BCUT2D eigenvalue weighted by molar-refractivity contribution is 7.90. The molecular formula is C10H13N3O2S. The molecule has 16 heavy (non-hydrogen) atoms. The predicted octanol–water partition coefficient (Wildman–Crippen LogP) is 2.22. The Morgan fingerprint density at radius 3 is 2.69 bits per heavy atom. The van der Waals surface area contributed by atoms with Crippen LogP contribution in [-0.2, 0) is 15.6 Å². The number of sulfone groups is 1. The van der Waals surface area contributed by atoms with Crippen molar-refractivity contribution >= 4 is 9.84 Å². The van der Waals surface area contributed by atoms with Gasteiger partial charge in [-0.25, -0.2) is 8.42 Å². The summed E-state index contributed by atoms with van der Waals surface area (Å²) in [6.07, 6.45) is 0. The van der Waals surface area contributed by atoms with Gasteiger partial charge in [-0.15, -0.1) is 0 Å². The number of nitrogens with zero attached hydrogens (tertiary/aromatic N) is 3. The van der Waals surface area contributed by atoms with E-state index >= 15 is 0 Å². The second-order valence-corrected chi connectivity index (χ2v) is 5.66. The summed E-state index contributed by atoms with van der Waals surface area (Å²) in [5.74, 6) is -0.105. The van der Waals surface area contributed by atoms with Crippen molar-refractivity contribution in [3.63, 3.8) is 0 Å². The Balaban J connectivity index is 2.73. The molecule has 5 nitrogen and oxygen atoms in total. The first-order valence-corrected chi connectivity index (χ1v) is 6.63. The van der Waals surface area contributed by atoms with Crippen LogP contribution in [0.15, 0.2) is 29.4 Å². The maximum atomic E-state index is 11.6. The minimum atomic E-state index is -3.19. The summed E-state index contributed by atoms with van der Waals surface area (Å²) < 4.78 is 23.3. The Morgan fingerprint density at radius 2 is 2.06 bits per heavy atom. The molecule has 86 valence electrons. The van der Waals surface area contributed by atoms with Gasteiger partial charge in [0.25, 0.3) is 0 Å². The van der Waals surface area contributed by atoms with E-state index in [2.05, 4.69) is 10.0 Å². The summed E-state index contributed by atoms with van der Waals surface area (Å²) in [7, 11) is -3.19. The van der Waals surface area contributed by atoms with Gasteiger partial charge in [-0.3, -0.25) is 0 Å². The van der Waals surface area contributed by atoms with Gasteiger partial charge in [-0.1, -0.05) is 29.4 Å². The fraction of sp³-hybridized carbons (Fsp3) is 0.400. The molecule has 0 aliphatic rings. The van der Waals surface area contributed by atoms with Crippen LogP contribution in [0, 0.1) is 6.92 Å². The lowest BCUT2D eigenvalue weighted by atomic mass is 10.1. The molecule has 0 spiro atoms. The molecule has 0 heterocycles. The number of aryl methyl sites for hydroxylation is 1. The van der Waals surface area contributed by atoms with Crippen LogP contribution in [0.1, 0.15) is 11.1 Å². The van der Waals surface area contributed by atoms with Crippen molar-refractivity contribution in [2.24, 2.45) is 5.11 Å². The van der Waals surface area contributed by atoms with Gasteiger partial charge in [-0.2, -0.15) is 0 Å². The van der Waals surface area contributed by atoms with Crippen molar-refractivity contribution in [2.45, 2.75) is 12.7 Å².